The van der Waals surface area contributed by atoms with E-state index in [1.807, 2.05) is 31.2 Å². The summed E-state index contributed by atoms with van der Waals surface area (Å²) in [4.78, 5) is 14.8. The number of carbonyl (C=O) groups is 1. The third-order valence-electron chi connectivity index (χ3n) is 5.45. The predicted molar refractivity (Wildman–Crippen MR) is 124 cm³/mol. The lowest BCUT2D eigenvalue weighted by Gasteiger charge is -2.22. The molecule has 1 unspecified atom stereocenters. The third-order valence-corrected chi connectivity index (χ3v) is 8.76. The molecule has 0 bridgehead atoms. The van der Waals surface area contributed by atoms with Gasteiger partial charge < -0.3 is 9.32 Å². The first kappa shape index (κ1) is 23.2. The number of nitrogens with one attached hydrogen (secondary N) is 1. The molecular weight excluding hydrogens is 464 g/mol. The summed E-state index contributed by atoms with van der Waals surface area (Å²) in [6.07, 6.45) is 1.78. The Morgan fingerprint density at radius 2 is 1.79 bits per heavy atom. The monoisotopic (exact) mass is 488 g/mol. The molecule has 1 aliphatic rings. The molecule has 0 aliphatic carbocycles. The number of sulfonamides is 1. The number of benzene rings is 2. The molecule has 3 aromatic rings. The zero-order chi connectivity index (χ0) is 23.6. The van der Waals surface area contributed by atoms with Crippen LogP contribution >= 0.6 is 0 Å². The van der Waals surface area contributed by atoms with Gasteiger partial charge >= 0.3 is 0 Å². The number of carbonyl (C=O) groups excluding carboxylic acids is 1. The molecule has 174 valence electrons. The lowest BCUT2D eigenvalue weighted by atomic mass is 10.1. The number of nitrogens with zero attached hydrogens (tertiary/aromatic N) is 1. The summed E-state index contributed by atoms with van der Waals surface area (Å²) in [5.41, 5.74) is 2.05. The lowest BCUT2D eigenvalue weighted by Crippen LogP contribution is -2.35. The van der Waals surface area contributed by atoms with Crippen LogP contribution in [0.3, 0.4) is 0 Å². The van der Waals surface area contributed by atoms with Crippen LogP contribution in [0.2, 0.25) is 0 Å². The van der Waals surface area contributed by atoms with Gasteiger partial charge in [0.05, 0.1) is 29.2 Å². The Kier molecular flexibility index (Phi) is 6.42. The van der Waals surface area contributed by atoms with Crippen molar-refractivity contribution >= 4 is 31.5 Å². The highest BCUT2D eigenvalue weighted by Gasteiger charge is 2.31. The van der Waals surface area contributed by atoms with E-state index in [0.717, 1.165) is 5.56 Å². The Balaban J connectivity index is 1.55. The summed E-state index contributed by atoms with van der Waals surface area (Å²) in [5.74, 6) is 0.0621. The molecule has 0 spiro atoms. The molecule has 1 saturated heterocycles. The molecule has 10 heteroatoms. The van der Waals surface area contributed by atoms with Crippen LogP contribution in [-0.2, 0) is 26.4 Å². The topological polar surface area (TPSA) is 114 Å². The quantitative estimate of drug-likeness (QED) is 0.547. The summed E-state index contributed by atoms with van der Waals surface area (Å²) in [5, 5.41) is 0. The average Bonchev–Trinajstić information content (AvgIpc) is 3.41. The van der Waals surface area contributed by atoms with Crippen molar-refractivity contribution < 1.29 is 26.0 Å². The molecule has 1 aromatic heterocycles. The fourth-order valence-electron chi connectivity index (χ4n) is 3.67. The largest absolute Gasteiger partial charge is 0.467 e. The molecule has 0 saturated carbocycles. The van der Waals surface area contributed by atoms with E-state index in [-0.39, 0.29) is 35.3 Å². The SMILES string of the molecule is Cc1ccc(N(Cc2ccco2)C(=O)c2ccc(S(=O)(=O)NC3CCS(=O)(=O)C3)cc2)cc1. The molecule has 2 heterocycles. The van der Waals surface area contributed by atoms with Crippen molar-refractivity contribution in [3.63, 3.8) is 0 Å². The lowest BCUT2D eigenvalue weighted by molar-refractivity contribution is 0.0983. The van der Waals surface area contributed by atoms with Gasteiger partial charge in [-0.1, -0.05) is 17.7 Å². The van der Waals surface area contributed by atoms with Gasteiger partial charge in [-0.15, -0.1) is 0 Å². The number of sulfone groups is 1. The van der Waals surface area contributed by atoms with Gasteiger partial charge in [0.15, 0.2) is 9.84 Å². The molecular formula is C23H24N2O6S2. The number of amides is 1. The number of furan rings is 1. The molecule has 1 atom stereocenters. The molecule has 33 heavy (non-hydrogen) atoms. The van der Waals surface area contributed by atoms with Crippen molar-refractivity contribution in [3.05, 3.63) is 83.8 Å². The highest BCUT2D eigenvalue weighted by atomic mass is 32.2. The number of anilines is 1. The Morgan fingerprint density at radius 1 is 1.09 bits per heavy atom. The first-order chi connectivity index (χ1) is 15.6. The average molecular weight is 489 g/mol. The maximum atomic E-state index is 13.3. The van der Waals surface area contributed by atoms with Crippen LogP contribution in [-0.4, -0.2) is 40.3 Å². The van der Waals surface area contributed by atoms with Crippen LogP contribution in [0.1, 0.15) is 28.1 Å². The second-order valence-electron chi connectivity index (χ2n) is 8.05. The summed E-state index contributed by atoms with van der Waals surface area (Å²) in [7, 11) is -7.12. The van der Waals surface area contributed by atoms with Crippen molar-refractivity contribution in [2.45, 2.75) is 30.8 Å². The molecule has 1 aliphatic heterocycles. The summed E-state index contributed by atoms with van der Waals surface area (Å²) >= 11 is 0. The van der Waals surface area contributed by atoms with Gasteiger partial charge in [0.1, 0.15) is 5.76 Å². The highest BCUT2D eigenvalue weighted by Crippen LogP contribution is 2.22. The predicted octanol–water partition coefficient (Wildman–Crippen LogP) is 2.90. The minimum absolute atomic E-state index is 0.0296. The van der Waals surface area contributed by atoms with Crippen LogP contribution in [0.15, 0.2) is 76.2 Å². The van der Waals surface area contributed by atoms with Crippen molar-refractivity contribution in [1.82, 2.24) is 4.72 Å². The van der Waals surface area contributed by atoms with Crippen molar-refractivity contribution in [1.29, 1.82) is 0 Å². The van der Waals surface area contributed by atoms with E-state index in [4.69, 9.17) is 4.42 Å². The number of hydrogen-bond acceptors (Lipinski definition) is 6. The number of rotatable bonds is 7. The number of aryl methyl sites for hydroxylation is 1. The summed E-state index contributed by atoms with van der Waals surface area (Å²) in [6, 6.07) is 16.0. The molecule has 4 rings (SSSR count). The van der Waals surface area contributed by atoms with E-state index in [1.165, 1.54) is 30.5 Å². The second kappa shape index (κ2) is 9.12. The Morgan fingerprint density at radius 3 is 2.36 bits per heavy atom. The normalized spacial score (nSPS) is 17.7. The summed E-state index contributed by atoms with van der Waals surface area (Å²) in [6.45, 7) is 2.17. The Bertz CT molecular complexity index is 1330. The fraction of sp³-hybridized carbons (Fsp3) is 0.261. The van der Waals surface area contributed by atoms with Crippen LogP contribution in [0.5, 0.6) is 0 Å². The van der Waals surface area contributed by atoms with Gasteiger partial charge in [-0.2, -0.15) is 0 Å². The zero-order valence-electron chi connectivity index (χ0n) is 18.0. The van der Waals surface area contributed by atoms with Crippen LogP contribution in [0.25, 0.3) is 0 Å². The minimum Gasteiger partial charge on any atom is -0.467 e. The molecule has 1 N–H and O–H groups in total. The minimum atomic E-state index is -3.91. The fourth-order valence-corrected chi connectivity index (χ4v) is 6.72. The van der Waals surface area contributed by atoms with Gasteiger partial charge in [-0.05, 0) is 61.9 Å². The van der Waals surface area contributed by atoms with Gasteiger partial charge in [0, 0.05) is 17.3 Å². The van der Waals surface area contributed by atoms with E-state index in [1.54, 1.807) is 17.0 Å². The van der Waals surface area contributed by atoms with Crippen LogP contribution in [0.4, 0.5) is 5.69 Å². The van der Waals surface area contributed by atoms with Gasteiger partial charge in [0.2, 0.25) is 10.0 Å². The molecule has 0 radical (unpaired) electrons. The molecule has 8 nitrogen and oxygen atoms in total. The molecule has 2 aromatic carbocycles. The van der Waals surface area contributed by atoms with Crippen molar-refractivity contribution in [2.24, 2.45) is 0 Å². The molecule has 1 amide bonds. The summed E-state index contributed by atoms with van der Waals surface area (Å²) < 4.78 is 56.4. The number of hydrogen-bond donors (Lipinski definition) is 1. The maximum absolute atomic E-state index is 13.3. The maximum Gasteiger partial charge on any atom is 0.258 e. The smallest absolute Gasteiger partial charge is 0.258 e. The molecule has 1 fully saturated rings. The van der Waals surface area contributed by atoms with Gasteiger partial charge in [-0.3, -0.25) is 4.79 Å². The van der Waals surface area contributed by atoms with E-state index in [9.17, 15) is 21.6 Å². The van der Waals surface area contributed by atoms with E-state index in [2.05, 4.69) is 4.72 Å². The van der Waals surface area contributed by atoms with Gasteiger partial charge in [0.25, 0.3) is 5.91 Å². The van der Waals surface area contributed by atoms with E-state index in [0.29, 0.717) is 17.0 Å². The van der Waals surface area contributed by atoms with Crippen LogP contribution < -0.4 is 9.62 Å². The van der Waals surface area contributed by atoms with E-state index >= 15 is 0 Å². The zero-order valence-corrected chi connectivity index (χ0v) is 19.6. The first-order valence-corrected chi connectivity index (χ1v) is 13.7. The van der Waals surface area contributed by atoms with Crippen molar-refractivity contribution in [2.75, 3.05) is 16.4 Å². The third kappa shape index (κ3) is 5.52. The second-order valence-corrected chi connectivity index (χ2v) is 12.0. The standard InChI is InChI=1S/C23H24N2O6S2/c1-17-4-8-20(9-5-17)25(15-21-3-2-13-31-21)23(26)18-6-10-22(11-7-18)33(29,30)24-19-12-14-32(27,28)16-19/h2-11,13,19,24H,12,14-16H2,1H3. The van der Waals surface area contributed by atoms with E-state index < -0.39 is 25.9 Å². The highest BCUT2D eigenvalue weighted by molar-refractivity contribution is 7.92. The van der Waals surface area contributed by atoms with Gasteiger partial charge in [-0.25, -0.2) is 21.6 Å². The van der Waals surface area contributed by atoms with Crippen molar-refractivity contribution in [3.8, 4) is 0 Å². The van der Waals surface area contributed by atoms with Crippen LogP contribution in [0, 0.1) is 6.92 Å². The Hall–Kier alpha value is -2.95. The Labute approximate surface area is 193 Å². The first-order valence-electron chi connectivity index (χ1n) is 10.4.